The maximum Gasteiger partial charge on any atom is 0.251 e. The van der Waals surface area contributed by atoms with Crippen molar-refractivity contribution in [2.75, 3.05) is 13.7 Å². The van der Waals surface area contributed by atoms with Gasteiger partial charge in [0.15, 0.2) is 11.5 Å². The molecule has 1 amide bonds. The van der Waals surface area contributed by atoms with Gasteiger partial charge in [-0.05, 0) is 78.0 Å². The number of nitrogens with one attached hydrogen (secondary N) is 1. The second-order valence-corrected chi connectivity index (χ2v) is 8.37. The molecular weight excluding hydrogens is 434 g/mol. The lowest BCUT2D eigenvalue weighted by molar-refractivity contribution is 0.0950. The van der Waals surface area contributed by atoms with Gasteiger partial charge in [0, 0.05) is 12.1 Å². The van der Waals surface area contributed by atoms with Crippen LogP contribution in [0.2, 0.25) is 0 Å². The largest absolute Gasteiger partial charge is 0.493 e. The first kappa shape index (κ1) is 23.1. The van der Waals surface area contributed by atoms with E-state index in [0.717, 1.165) is 16.5 Å². The van der Waals surface area contributed by atoms with Crippen LogP contribution in [0, 0.1) is 5.92 Å². The van der Waals surface area contributed by atoms with Crippen LogP contribution in [0.5, 0.6) is 17.2 Å². The summed E-state index contributed by atoms with van der Waals surface area (Å²) in [6.07, 6.45) is 1.05. The topological polar surface area (TPSA) is 56.8 Å². The smallest absolute Gasteiger partial charge is 0.251 e. The summed E-state index contributed by atoms with van der Waals surface area (Å²) in [5.74, 6) is 2.53. The molecule has 1 N–H and O–H groups in total. The van der Waals surface area contributed by atoms with Gasteiger partial charge in [-0.3, -0.25) is 4.79 Å². The molecule has 0 radical (unpaired) electrons. The van der Waals surface area contributed by atoms with Crippen molar-refractivity contribution in [2.45, 2.75) is 46.8 Å². The van der Waals surface area contributed by atoms with Crippen molar-refractivity contribution in [3.05, 3.63) is 52.0 Å². The molecule has 0 aliphatic carbocycles. The molecule has 0 bridgehead atoms. The van der Waals surface area contributed by atoms with E-state index in [2.05, 4.69) is 35.1 Å². The van der Waals surface area contributed by atoms with Gasteiger partial charge in [-0.2, -0.15) is 0 Å². The lowest BCUT2D eigenvalue weighted by Crippen LogP contribution is -2.22. The molecular formula is C23H30BrNO4. The SMILES string of the molecule is COc1cc(CNC(=O)c2ccc(OC(C)C)c(Br)c2)ccc1OCCC(C)C. The van der Waals surface area contributed by atoms with E-state index in [0.29, 0.717) is 41.9 Å². The molecule has 2 aromatic carbocycles. The molecule has 29 heavy (non-hydrogen) atoms. The van der Waals surface area contributed by atoms with Gasteiger partial charge in [0.25, 0.3) is 5.91 Å². The van der Waals surface area contributed by atoms with Crippen molar-refractivity contribution >= 4 is 21.8 Å². The summed E-state index contributed by atoms with van der Waals surface area (Å²) in [6, 6.07) is 11.0. The van der Waals surface area contributed by atoms with Crippen molar-refractivity contribution in [3.8, 4) is 17.2 Å². The van der Waals surface area contributed by atoms with Crippen molar-refractivity contribution in [1.29, 1.82) is 0 Å². The number of halogens is 1. The Bertz CT molecular complexity index is 821. The maximum atomic E-state index is 12.5. The highest BCUT2D eigenvalue weighted by Crippen LogP contribution is 2.29. The Labute approximate surface area is 181 Å². The molecule has 5 nitrogen and oxygen atoms in total. The number of benzene rings is 2. The standard InChI is InChI=1S/C23H30BrNO4/c1-15(2)10-11-28-21-8-6-17(12-22(21)27-5)14-25-23(26)18-7-9-20(19(24)13-18)29-16(3)4/h6-9,12-13,15-16H,10-11,14H2,1-5H3,(H,25,26). The van der Waals surface area contributed by atoms with E-state index in [1.807, 2.05) is 32.0 Å². The molecule has 0 spiro atoms. The van der Waals surface area contributed by atoms with Gasteiger partial charge in [-0.15, -0.1) is 0 Å². The quantitative estimate of drug-likeness (QED) is 0.498. The third-order valence-corrected chi connectivity index (χ3v) is 4.81. The number of carbonyl (C=O) groups is 1. The van der Waals surface area contributed by atoms with Crippen LogP contribution < -0.4 is 19.5 Å². The zero-order valence-electron chi connectivity index (χ0n) is 17.8. The Kier molecular flexibility index (Phi) is 8.83. The van der Waals surface area contributed by atoms with E-state index < -0.39 is 0 Å². The Balaban J connectivity index is 1.98. The average molecular weight is 464 g/mol. The molecule has 6 heteroatoms. The van der Waals surface area contributed by atoms with E-state index in [1.54, 1.807) is 25.3 Å². The molecule has 158 valence electrons. The lowest BCUT2D eigenvalue weighted by atomic mass is 10.1. The highest BCUT2D eigenvalue weighted by molar-refractivity contribution is 9.10. The van der Waals surface area contributed by atoms with E-state index in [9.17, 15) is 4.79 Å². The number of methoxy groups -OCH3 is 1. The molecule has 0 unspecified atom stereocenters. The molecule has 0 atom stereocenters. The normalized spacial score (nSPS) is 10.9. The summed E-state index contributed by atoms with van der Waals surface area (Å²) >= 11 is 3.46. The fraction of sp³-hybridized carbons (Fsp3) is 0.435. The fourth-order valence-corrected chi connectivity index (χ4v) is 3.09. The van der Waals surface area contributed by atoms with Crippen LogP contribution in [0.25, 0.3) is 0 Å². The van der Waals surface area contributed by atoms with Crippen LogP contribution in [-0.4, -0.2) is 25.7 Å². The second-order valence-electron chi connectivity index (χ2n) is 7.51. The number of hydrogen-bond acceptors (Lipinski definition) is 4. The van der Waals surface area contributed by atoms with Crippen molar-refractivity contribution in [3.63, 3.8) is 0 Å². The highest BCUT2D eigenvalue weighted by atomic mass is 79.9. The number of carbonyl (C=O) groups excluding carboxylic acids is 1. The predicted molar refractivity (Wildman–Crippen MR) is 119 cm³/mol. The van der Waals surface area contributed by atoms with Crippen LogP contribution in [0.1, 0.15) is 50.0 Å². The molecule has 0 aliphatic heterocycles. The average Bonchev–Trinajstić information content (AvgIpc) is 2.67. The van der Waals surface area contributed by atoms with Crippen LogP contribution in [0.3, 0.4) is 0 Å². The monoisotopic (exact) mass is 463 g/mol. The molecule has 2 rings (SSSR count). The number of ether oxygens (including phenoxy) is 3. The molecule has 0 aromatic heterocycles. The summed E-state index contributed by atoms with van der Waals surface area (Å²) in [5, 5.41) is 2.93. The molecule has 0 saturated carbocycles. The lowest BCUT2D eigenvalue weighted by Gasteiger charge is -2.14. The third kappa shape index (κ3) is 7.28. The van der Waals surface area contributed by atoms with Crippen molar-refractivity contribution in [2.24, 2.45) is 5.92 Å². The van der Waals surface area contributed by atoms with Gasteiger partial charge in [-0.25, -0.2) is 0 Å². The van der Waals surface area contributed by atoms with Crippen LogP contribution in [-0.2, 0) is 6.54 Å². The second kappa shape index (κ2) is 11.1. The Morgan fingerprint density at radius 1 is 1.03 bits per heavy atom. The zero-order valence-corrected chi connectivity index (χ0v) is 19.3. The van der Waals surface area contributed by atoms with Gasteiger partial charge < -0.3 is 19.5 Å². The molecule has 0 heterocycles. The summed E-state index contributed by atoms with van der Waals surface area (Å²) in [6.45, 7) is 9.29. The summed E-state index contributed by atoms with van der Waals surface area (Å²) in [7, 11) is 1.62. The number of hydrogen-bond donors (Lipinski definition) is 1. The van der Waals surface area contributed by atoms with Gasteiger partial charge >= 0.3 is 0 Å². The summed E-state index contributed by atoms with van der Waals surface area (Å²) in [5.41, 5.74) is 1.50. The van der Waals surface area contributed by atoms with Gasteiger partial charge in [0.05, 0.1) is 24.3 Å². The Morgan fingerprint density at radius 2 is 1.76 bits per heavy atom. The first-order valence-corrected chi connectivity index (χ1v) is 10.6. The molecule has 2 aromatic rings. The van der Waals surface area contributed by atoms with E-state index >= 15 is 0 Å². The van der Waals surface area contributed by atoms with E-state index in [4.69, 9.17) is 14.2 Å². The van der Waals surface area contributed by atoms with Crippen LogP contribution >= 0.6 is 15.9 Å². The van der Waals surface area contributed by atoms with E-state index in [-0.39, 0.29) is 12.0 Å². The number of amides is 1. The minimum absolute atomic E-state index is 0.0679. The van der Waals surface area contributed by atoms with Gasteiger partial charge in [-0.1, -0.05) is 19.9 Å². The zero-order chi connectivity index (χ0) is 21.4. The fourth-order valence-electron chi connectivity index (χ4n) is 2.62. The van der Waals surface area contributed by atoms with Crippen molar-refractivity contribution < 1.29 is 19.0 Å². The van der Waals surface area contributed by atoms with Crippen LogP contribution in [0.15, 0.2) is 40.9 Å². The van der Waals surface area contributed by atoms with Gasteiger partial charge in [0.2, 0.25) is 0 Å². The highest BCUT2D eigenvalue weighted by Gasteiger charge is 2.11. The maximum absolute atomic E-state index is 12.5. The third-order valence-electron chi connectivity index (χ3n) is 4.19. The minimum Gasteiger partial charge on any atom is -0.493 e. The summed E-state index contributed by atoms with van der Waals surface area (Å²) < 4.78 is 17.7. The molecule has 0 aliphatic rings. The number of rotatable bonds is 10. The molecule has 0 fully saturated rings. The van der Waals surface area contributed by atoms with Crippen LogP contribution in [0.4, 0.5) is 0 Å². The van der Waals surface area contributed by atoms with Crippen molar-refractivity contribution in [1.82, 2.24) is 5.32 Å². The predicted octanol–water partition coefficient (Wildman–Crippen LogP) is 5.60. The minimum atomic E-state index is -0.155. The Hall–Kier alpha value is -2.21. The van der Waals surface area contributed by atoms with Gasteiger partial charge in [0.1, 0.15) is 5.75 Å². The Morgan fingerprint density at radius 3 is 2.38 bits per heavy atom. The molecule has 0 saturated heterocycles. The first-order valence-electron chi connectivity index (χ1n) is 9.84. The summed E-state index contributed by atoms with van der Waals surface area (Å²) in [4.78, 5) is 12.5. The first-order chi connectivity index (χ1) is 13.8. The van der Waals surface area contributed by atoms with E-state index in [1.165, 1.54) is 0 Å².